The number of amides is 3. The first-order valence-electron chi connectivity index (χ1n) is 13.5. The molecule has 1 aromatic heterocycles. The Kier molecular flexibility index (Phi) is 8.98. The molecule has 1 aliphatic heterocycles. The number of anilines is 1. The van der Waals surface area contributed by atoms with E-state index in [1.807, 2.05) is 36.4 Å². The van der Waals surface area contributed by atoms with Gasteiger partial charge < -0.3 is 10.1 Å². The van der Waals surface area contributed by atoms with Crippen molar-refractivity contribution in [1.29, 1.82) is 0 Å². The van der Waals surface area contributed by atoms with Crippen LogP contribution in [0.1, 0.15) is 52.9 Å². The lowest BCUT2D eigenvalue weighted by molar-refractivity contribution is 0.0342. The van der Waals surface area contributed by atoms with Crippen molar-refractivity contribution < 1.29 is 19.5 Å². The van der Waals surface area contributed by atoms with Crippen molar-refractivity contribution >= 4 is 17.9 Å². The number of rotatable bonds is 6. The summed E-state index contributed by atoms with van der Waals surface area (Å²) < 4.78 is 5.41. The predicted octanol–water partition coefficient (Wildman–Crippen LogP) is 3.56. The van der Waals surface area contributed by atoms with Crippen molar-refractivity contribution in [1.82, 2.24) is 25.7 Å². The average molecular weight is 541 g/mol. The quantitative estimate of drug-likeness (QED) is 0.214. The van der Waals surface area contributed by atoms with Gasteiger partial charge in [-0.2, -0.15) is 0 Å². The molecule has 0 unspecified atom stereocenters. The average Bonchev–Trinajstić information content (AvgIpc) is 3.50. The van der Waals surface area contributed by atoms with Crippen LogP contribution < -0.4 is 16.1 Å². The number of hydrogen-bond donors (Lipinski definition) is 4. The minimum atomic E-state index is -0.804. The summed E-state index contributed by atoms with van der Waals surface area (Å²) in [5.41, 5.74) is 5.62. The van der Waals surface area contributed by atoms with Gasteiger partial charge in [0.2, 0.25) is 5.95 Å². The predicted molar refractivity (Wildman–Crippen MR) is 150 cm³/mol. The number of carbonyl (C=O) groups excluding carboxylic acids is 2. The molecule has 40 heavy (non-hydrogen) atoms. The van der Waals surface area contributed by atoms with E-state index in [4.69, 9.17) is 9.94 Å². The normalized spacial score (nSPS) is 15.6. The van der Waals surface area contributed by atoms with E-state index in [2.05, 4.69) is 49.5 Å². The number of urea groups is 1. The summed E-state index contributed by atoms with van der Waals surface area (Å²) in [5.74, 6) is 5.54. The van der Waals surface area contributed by atoms with Crippen LogP contribution in [0.5, 0.6) is 0 Å². The Morgan fingerprint density at radius 2 is 1.60 bits per heavy atom. The van der Waals surface area contributed by atoms with Crippen molar-refractivity contribution in [2.75, 3.05) is 31.6 Å². The van der Waals surface area contributed by atoms with Gasteiger partial charge in [-0.3, -0.25) is 20.2 Å². The third-order valence-corrected chi connectivity index (χ3v) is 6.97. The number of hydrogen-bond acceptors (Lipinski definition) is 7. The van der Waals surface area contributed by atoms with Crippen LogP contribution in [-0.2, 0) is 11.3 Å². The Labute approximate surface area is 233 Å². The second kappa shape index (κ2) is 13.2. The molecule has 1 saturated heterocycles. The van der Waals surface area contributed by atoms with Crippen LogP contribution >= 0.6 is 0 Å². The largest absolute Gasteiger partial charge is 0.379 e. The molecule has 4 N–H and O–H groups in total. The first-order valence-corrected chi connectivity index (χ1v) is 13.5. The monoisotopic (exact) mass is 540 g/mol. The zero-order valence-corrected chi connectivity index (χ0v) is 22.2. The van der Waals surface area contributed by atoms with Crippen molar-refractivity contribution in [2.24, 2.45) is 0 Å². The van der Waals surface area contributed by atoms with Gasteiger partial charge in [-0.1, -0.05) is 48.9 Å². The zero-order valence-electron chi connectivity index (χ0n) is 22.2. The van der Waals surface area contributed by atoms with Gasteiger partial charge in [0.15, 0.2) is 0 Å². The van der Waals surface area contributed by atoms with Gasteiger partial charge in [-0.25, -0.2) is 20.2 Å². The minimum absolute atomic E-state index is 0.0347. The smallest absolute Gasteiger partial charge is 0.321 e. The van der Waals surface area contributed by atoms with Gasteiger partial charge >= 0.3 is 6.03 Å². The van der Waals surface area contributed by atoms with Gasteiger partial charge in [0.05, 0.1) is 18.9 Å². The third-order valence-electron chi connectivity index (χ3n) is 6.97. The number of nitrogens with zero attached hydrogens (tertiary/aromatic N) is 3. The third kappa shape index (κ3) is 7.42. The van der Waals surface area contributed by atoms with Crippen molar-refractivity contribution in [2.45, 2.75) is 38.3 Å². The number of hydroxylamine groups is 1. The summed E-state index contributed by atoms with van der Waals surface area (Å²) >= 11 is 0. The summed E-state index contributed by atoms with van der Waals surface area (Å²) in [6.45, 7) is 4.39. The van der Waals surface area contributed by atoms with Crippen molar-refractivity contribution in [3.8, 4) is 23.1 Å². The second-order valence-electron chi connectivity index (χ2n) is 9.90. The molecule has 1 aliphatic carbocycles. The van der Waals surface area contributed by atoms with E-state index in [0.717, 1.165) is 69.7 Å². The molecular formula is C30H32N6O4. The standard InChI is InChI=1S/C30H32N6O4/c37-28(35-39)27-19-26(32-29(33-27)34-30(38)31-25-3-1-2-4-25)24-13-11-22(12-14-24)6-5-21-7-9-23(10-8-21)20-36-15-17-40-18-16-36/h7-14,19,25,39H,1-4,15-18,20H2,(H,35,37)(H2,31,32,33,34,38). The molecule has 5 rings (SSSR count). The Bertz CT molecular complexity index is 1390. The Morgan fingerprint density at radius 1 is 0.950 bits per heavy atom. The van der Waals surface area contributed by atoms with Gasteiger partial charge in [-0.05, 0) is 48.7 Å². The molecule has 2 aliphatic rings. The lowest BCUT2D eigenvalue weighted by atomic mass is 10.1. The second-order valence-corrected chi connectivity index (χ2v) is 9.90. The molecule has 3 amide bonds. The van der Waals surface area contributed by atoms with Crippen LogP contribution in [0.3, 0.4) is 0 Å². The van der Waals surface area contributed by atoms with E-state index in [9.17, 15) is 9.59 Å². The highest BCUT2D eigenvalue weighted by molar-refractivity contribution is 5.94. The molecule has 2 aromatic carbocycles. The summed E-state index contributed by atoms with van der Waals surface area (Å²) in [7, 11) is 0. The highest BCUT2D eigenvalue weighted by Gasteiger charge is 2.19. The Balaban J connectivity index is 1.26. The number of ether oxygens (including phenoxy) is 1. The van der Waals surface area contributed by atoms with Crippen LogP contribution in [0.15, 0.2) is 54.6 Å². The minimum Gasteiger partial charge on any atom is -0.379 e. The Morgan fingerprint density at radius 3 is 2.25 bits per heavy atom. The first-order chi connectivity index (χ1) is 19.6. The summed E-state index contributed by atoms with van der Waals surface area (Å²) in [4.78, 5) is 35.4. The lowest BCUT2D eigenvalue weighted by Crippen LogP contribution is -2.36. The first kappa shape index (κ1) is 27.3. The maximum atomic E-state index is 12.4. The highest BCUT2D eigenvalue weighted by Crippen LogP contribution is 2.21. The number of carbonyl (C=O) groups is 2. The van der Waals surface area contributed by atoms with E-state index in [1.54, 1.807) is 5.48 Å². The highest BCUT2D eigenvalue weighted by atomic mass is 16.5. The molecule has 2 fully saturated rings. The van der Waals surface area contributed by atoms with Crippen LogP contribution in [0.25, 0.3) is 11.3 Å². The maximum Gasteiger partial charge on any atom is 0.321 e. The summed E-state index contributed by atoms with van der Waals surface area (Å²) in [6, 6.07) is 16.8. The molecule has 0 atom stereocenters. The number of nitrogens with one attached hydrogen (secondary N) is 3. The molecule has 10 nitrogen and oxygen atoms in total. The SMILES string of the molecule is O=C(Nc1nc(C(=O)NO)cc(-c2ccc(C#Cc3ccc(CN4CCOCC4)cc3)cc2)n1)NC1CCCC1. The fourth-order valence-electron chi connectivity index (χ4n) is 4.80. The summed E-state index contributed by atoms with van der Waals surface area (Å²) in [5, 5.41) is 14.6. The van der Waals surface area contributed by atoms with E-state index in [-0.39, 0.29) is 17.7 Å². The van der Waals surface area contributed by atoms with E-state index in [1.165, 1.54) is 11.6 Å². The van der Waals surface area contributed by atoms with Crippen LogP contribution in [-0.4, -0.2) is 64.4 Å². The van der Waals surface area contributed by atoms with Gasteiger partial charge in [0.25, 0.3) is 5.91 Å². The fourth-order valence-corrected chi connectivity index (χ4v) is 4.80. The van der Waals surface area contributed by atoms with Crippen molar-refractivity contribution in [3.05, 3.63) is 77.0 Å². The van der Waals surface area contributed by atoms with Gasteiger partial charge in [0, 0.05) is 42.4 Å². The molecule has 2 heterocycles. The number of morpholine rings is 1. The van der Waals surface area contributed by atoms with Gasteiger partial charge in [0.1, 0.15) is 5.69 Å². The lowest BCUT2D eigenvalue weighted by Gasteiger charge is -2.26. The topological polar surface area (TPSA) is 129 Å². The summed E-state index contributed by atoms with van der Waals surface area (Å²) in [6.07, 6.45) is 4.03. The Hall–Kier alpha value is -4.30. The number of benzene rings is 2. The molecule has 0 bridgehead atoms. The van der Waals surface area contributed by atoms with Crippen LogP contribution in [0.2, 0.25) is 0 Å². The maximum absolute atomic E-state index is 12.4. The zero-order chi connectivity index (χ0) is 27.7. The van der Waals surface area contributed by atoms with E-state index in [0.29, 0.717) is 11.3 Å². The van der Waals surface area contributed by atoms with Gasteiger partial charge in [-0.15, -0.1) is 0 Å². The number of aromatic nitrogens is 2. The van der Waals surface area contributed by atoms with Crippen LogP contribution in [0.4, 0.5) is 10.7 Å². The van der Waals surface area contributed by atoms with E-state index < -0.39 is 11.9 Å². The molecule has 1 saturated carbocycles. The van der Waals surface area contributed by atoms with Crippen molar-refractivity contribution in [3.63, 3.8) is 0 Å². The molecule has 10 heteroatoms. The molecule has 0 radical (unpaired) electrons. The molecule has 206 valence electrons. The van der Waals surface area contributed by atoms with E-state index >= 15 is 0 Å². The molecular weight excluding hydrogens is 508 g/mol. The molecule has 0 spiro atoms. The molecule has 3 aromatic rings. The van der Waals surface area contributed by atoms with Crippen LogP contribution in [0, 0.1) is 11.8 Å². The fraction of sp³-hybridized carbons (Fsp3) is 0.333.